The predicted octanol–water partition coefficient (Wildman–Crippen LogP) is 4.02. The fourth-order valence-corrected chi connectivity index (χ4v) is 3.66. The van der Waals surface area contributed by atoms with Crippen molar-refractivity contribution in [3.05, 3.63) is 59.9 Å². The molecule has 27 heavy (non-hydrogen) atoms. The molecule has 0 saturated carbocycles. The topological polar surface area (TPSA) is 85.6 Å². The first-order valence-electron chi connectivity index (χ1n) is 8.70. The highest BCUT2D eigenvalue weighted by atomic mass is 32.2. The van der Waals surface area contributed by atoms with E-state index in [0.29, 0.717) is 17.7 Å². The second kappa shape index (κ2) is 7.84. The van der Waals surface area contributed by atoms with Crippen molar-refractivity contribution >= 4 is 32.5 Å². The van der Waals surface area contributed by atoms with Crippen LogP contribution in [-0.4, -0.2) is 26.7 Å². The SMILES string of the molecule is CCOC(=O)c1oc2ccccc2c1CNc1ccc(S(=O)(=O)CC)cc1. The molecule has 7 heteroatoms. The van der Waals surface area contributed by atoms with E-state index in [0.717, 1.165) is 11.1 Å². The number of benzene rings is 2. The summed E-state index contributed by atoms with van der Waals surface area (Å²) in [6, 6.07) is 13.9. The summed E-state index contributed by atoms with van der Waals surface area (Å²) in [7, 11) is -3.23. The van der Waals surface area contributed by atoms with Crippen LogP contribution in [-0.2, 0) is 21.1 Å². The molecule has 0 aliphatic carbocycles. The fourth-order valence-electron chi connectivity index (χ4n) is 2.77. The van der Waals surface area contributed by atoms with Gasteiger partial charge in [-0.05, 0) is 37.3 Å². The number of sulfone groups is 1. The summed E-state index contributed by atoms with van der Waals surface area (Å²) >= 11 is 0. The molecule has 0 unspecified atom stereocenters. The molecular weight excluding hydrogens is 366 g/mol. The third kappa shape index (κ3) is 3.98. The van der Waals surface area contributed by atoms with Crippen molar-refractivity contribution in [2.24, 2.45) is 0 Å². The largest absolute Gasteiger partial charge is 0.460 e. The smallest absolute Gasteiger partial charge is 0.374 e. The van der Waals surface area contributed by atoms with E-state index in [1.54, 1.807) is 44.2 Å². The fraction of sp³-hybridized carbons (Fsp3) is 0.250. The maximum Gasteiger partial charge on any atom is 0.374 e. The van der Waals surface area contributed by atoms with Crippen LogP contribution in [0.3, 0.4) is 0 Å². The van der Waals surface area contributed by atoms with Gasteiger partial charge in [0, 0.05) is 23.2 Å². The lowest BCUT2D eigenvalue weighted by atomic mass is 10.1. The van der Waals surface area contributed by atoms with E-state index in [9.17, 15) is 13.2 Å². The van der Waals surface area contributed by atoms with Crippen molar-refractivity contribution in [3.8, 4) is 0 Å². The maximum absolute atomic E-state index is 12.2. The Hall–Kier alpha value is -2.80. The van der Waals surface area contributed by atoms with Crippen LogP contribution in [0.15, 0.2) is 57.8 Å². The van der Waals surface area contributed by atoms with Crippen molar-refractivity contribution in [2.75, 3.05) is 17.7 Å². The average Bonchev–Trinajstić information content (AvgIpc) is 3.05. The molecule has 6 nitrogen and oxygen atoms in total. The number of rotatable bonds is 7. The van der Waals surface area contributed by atoms with Crippen LogP contribution in [0.5, 0.6) is 0 Å². The van der Waals surface area contributed by atoms with E-state index < -0.39 is 15.8 Å². The van der Waals surface area contributed by atoms with Crippen LogP contribution in [0, 0.1) is 0 Å². The number of fused-ring (bicyclic) bond motifs is 1. The van der Waals surface area contributed by atoms with Gasteiger partial charge in [0.1, 0.15) is 5.58 Å². The van der Waals surface area contributed by atoms with Gasteiger partial charge in [0.25, 0.3) is 0 Å². The van der Waals surface area contributed by atoms with Gasteiger partial charge in [-0.3, -0.25) is 0 Å². The first-order valence-corrected chi connectivity index (χ1v) is 10.4. The highest BCUT2D eigenvalue weighted by Crippen LogP contribution is 2.27. The number of para-hydroxylation sites is 1. The Morgan fingerprint density at radius 3 is 2.44 bits per heavy atom. The van der Waals surface area contributed by atoms with Gasteiger partial charge in [-0.25, -0.2) is 13.2 Å². The molecule has 1 heterocycles. The molecule has 142 valence electrons. The summed E-state index contributed by atoms with van der Waals surface area (Å²) < 4.78 is 34.6. The quantitative estimate of drug-likeness (QED) is 0.617. The Labute approximate surface area is 158 Å². The normalized spacial score (nSPS) is 11.5. The molecule has 0 atom stereocenters. The van der Waals surface area contributed by atoms with Crippen molar-refractivity contribution in [2.45, 2.75) is 25.3 Å². The van der Waals surface area contributed by atoms with Crippen LogP contribution in [0.2, 0.25) is 0 Å². The minimum absolute atomic E-state index is 0.0592. The van der Waals surface area contributed by atoms with Crippen LogP contribution in [0.1, 0.15) is 30.0 Å². The number of nitrogens with one attached hydrogen (secondary N) is 1. The minimum Gasteiger partial charge on any atom is -0.460 e. The highest BCUT2D eigenvalue weighted by Gasteiger charge is 2.21. The highest BCUT2D eigenvalue weighted by molar-refractivity contribution is 7.91. The second-order valence-corrected chi connectivity index (χ2v) is 8.19. The molecule has 3 aromatic rings. The second-order valence-electron chi connectivity index (χ2n) is 5.91. The van der Waals surface area contributed by atoms with Gasteiger partial charge in [0.15, 0.2) is 9.84 Å². The summed E-state index contributed by atoms with van der Waals surface area (Å²) in [5, 5.41) is 4.04. The number of carbonyl (C=O) groups is 1. The van der Waals surface area contributed by atoms with Crippen molar-refractivity contribution in [1.82, 2.24) is 0 Å². The molecule has 0 fully saturated rings. The van der Waals surface area contributed by atoms with E-state index in [1.807, 2.05) is 18.2 Å². The molecule has 0 radical (unpaired) electrons. The van der Waals surface area contributed by atoms with Crippen LogP contribution in [0.25, 0.3) is 11.0 Å². The standard InChI is InChI=1S/C20H21NO5S/c1-3-25-20(22)19-17(16-7-5-6-8-18(16)26-19)13-21-14-9-11-15(12-10-14)27(23,24)4-2/h5-12,21H,3-4,13H2,1-2H3. The number of esters is 1. The van der Waals surface area contributed by atoms with Crippen LogP contribution >= 0.6 is 0 Å². The lowest BCUT2D eigenvalue weighted by Gasteiger charge is -2.08. The molecule has 1 N–H and O–H groups in total. The summed E-state index contributed by atoms with van der Waals surface area (Å²) in [6.07, 6.45) is 0. The van der Waals surface area contributed by atoms with Crippen LogP contribution < -0.4 is 5.32 Å². The van der Waals surface area contributed by atoms with Gasteiger partial charge in [0.2, 0.25) is 5.76 Å². The van der Waals surface area contributed by atoms with Gasteiger partial charge in [-0.15, -0.1) is 0 Å². The lowest BCUT2D eigenvalue weighted by Crippen LogP contribution is -2.09. The van der Waals surface area contributed by atoms with Gasteiger partial charge < -0.3 is 14.5 Å². The molecular formula is C20H21NO5S. The molecule has 0 saturated heterocycles. The van der Waals surface area contributed by atoms with Gasteiger partial charge in [-0.2, -0.15) is 0 Å². The molecule has 0 aliphatic rings. The predicted molar refractivity (Wildman–Crippen MR) is 104 cm³/mol. The monoisotopic (exact) mass is 387 g/mol. The third-order valence-electron chi connectivity index (χ3n) is 4.22. The van der Waals surface area contributed by atoms with Crippen LogP contribution in [0.4, 0.5) is 5.69 Å². The summed E-state index contributed by atoms with van der Waals surface area (Å²) in [4.78, 5) is 12.5. The summed E-state index contributed by atoms with van der Waals surface area (Å²) in [5.74, 6) is -0.269. The molecule has 2 aromatic carbocycles. The van der Waals surface area contributed by atoms with E-state index >= 15 is 0 Å². The third-order valence-corrected chi connectivity index (χ3v) is 5.97. The molecule has 0 amide bonds. The number of hydrogen-bond donors (Lipinski definition) is 1. The number of ether oxygens (including phenoxy) is 1. The molecule has 0 bridgehead atoms. The Balaban J connectivity index is 1.86. The molecule has 3 rings (SSSR count). The first-order chi connectivity index (χ1) is 13.0. The maximum atomic E-state index is 12.2. The van der Waals surface area contributed by atoms with Crippen molar-refractivity contribution in [3.63, 3.8) is 0 Å². The van der Waals surface area contributed by atoms with Gasteiger partial charge >= 0.3 is 5.97 Å². The first kappa shape index (κ1) is 19.0. The summed E-state index contributed by atoms with van der Waals surface area (Å²) in [5.41, 5.74) is 2.06. The lowest BCUT2D eigenvalue weighted by molar-refractivity contribution is 0.0491. The number of furan rings is 1. The summed E-state index contributed by atoms with van der Waals surface area (Å²) in [6.45, 7) is 3.95. The van der Waals surface area contributed by atoms with Crippen molar-refractivity contribution in [1.29, 1.82) is 0 Å². The number of carbonyl (C=O) groups excluding carboxylic acids is 1. The van der Waals surface area contributed by atoms with E-state index in [2.05, 4.69) is 5.32 Å². The van der Waals surface area contributed by atoms with E-state index in [1.165, 1.54) is 0 Å². The Morgan fingerprint density at radius 2 is 1.78 bits per heavy atom. The zero-order valence-electron chi connectivity index (χ0n) is 15.2. The average molecular weight is 387 g/mol. The Morgan fingerprint density at radius 1 is 1.07 bits per heavy atom. The van der Waals surface area contributed by atoms with Crippen molar-refractivity contribution < 1.29 is 22.4 Å². The molecule has 0 aliphatic heterocycles. The number of anilines is 1. The Bertz CT molecular complexity index is 1050. The molecule has 1 aromatic heterocycles. The number of hydrogen-bond acceptors (Lipinski definition) is 6. The van der Waals surface area contributed by atoms with E-state index in [-0.39, 0.29) is 23.0 Å². The zero-order valence-corrected chi connectivity index (χ0v) is 16.0. The van der Waals surface area contributed by atoms with Gasteiger partial charge in [-0.1, -0.05) is 25.1 Å². The van der Waals surface area contributed by atoms with Gasteiger partial charge in [0.05, 0.1) is 17.3 Å². The molecule has 0 spiro atoms. The zero-order chi connectivity index (χ0) is 19.4. The Kier molecular flexibility index (Phi) is 5.51. The minimum atomic E-state index is -3.23. The van der Waals surface area contributed by atoms with E-state index in [4.69, 9.17) is 9.15 Å².